The highest BCUT2D eigenvalue weighted by Gasteiger charge is 2.36. The highest BCUT2D eigenvalue weighted by Crippen LogP contribution is 2.35. The molecule has 1 aromatic carbocycles. The van der Waals surface area contributed by atoms with E-state index in [1.165, 1.54) is 0 Å². The summed E-state index contributed by atoms with van der Waals surface area (Å²) in [6.45, 7) is 4.00. The lowest BCUT2D eigenvalue weighted by molar-refractivity contribution is -0.138. The number of carbonyl (C=O) groups excluding carboxylic acids is 1. The number of nitrogens with one attached hydrogen (secondary N) is 1. The van der Waals surface area contributed by atoms with Crippen molar-refractivity contribution in [3.63, 3.8) is 0 Å². The predicted octanol–water partition coefficient (Wildman–Crippen LogP) is 3.77. The molecule has 1 N–H and O–H groups in total. The molecule has 8 heteroatoms. The number of hydrazone groups is 1. The molecule has 7 nitrogen and oxygen atoms in total. The molecule has 0 bridgehead atoms. The molecule has 0 radical (unpaired) electrons. The van der Waals surface area contributed by atoms with Gasteiger partial charge in [0.1, 0.15) is 11.8 Å². The molecule has 1 aliphatic rings. The molecule has 28 heavy (non-hydrogen) atoms. The lowest BCUT2D eigenvalue weighted by Crippen LogP contribution is -2.32. The van der Waals surface area contributed by atoms with Crippen molar-refractivity contribution in [3.8, 4) is 0 Å². The van der Waals surface area contributed by atoms with E-state index in [0.29, 0.717) is 17.9 Å². The fourth-order valence-electron chi connectivity index (χ4n) is 3.36. The average molecular weight is 404 g/mol. The van der Waals surface area contributed by atoms with Crippen LogP contribution in [-0.2, 0) is 14.8 Å². The Labute approximate surface area is 165 Å². The molecule has 0 saturated carbocycles. The van der Waals surface area contributed by atoms with Crippen molar-refractivity contribution in [3.05, 3.63) is 54.0 Å². The van der Waals surface area contributed by atoms with Crippen molar-refractivity contribution < 1.29 is 17.6 Å². The lowest BCUT2D eigenvalue weighted by Gasteiger charge is -2.23. The van der Waals surface area contributed by atoms with Crippen molar-refractivity contribution in [1.82, 2.24) is 5.01 Å². The summed E-state index contributed by atoms with van der Waals surface area (Å²) in [5, 5.41) is 6.17. The number of benzene rings is 1. The van der Waals surface area contributed by atoms with Gasteiger partial charge >= 0.3 is 0 Å². The van der Waals surface area contributed by atoms with Crippen LogP contribution in [0.2, 0.25) is 0 Å². The second-order valence-corrected chi connectivity index (χ2v) is 8.68. The second-order valence-electron chi connectivity index (χ2n) is 6.93. The van der Waals surface area contributed by atoms with Crippen LogP contribution < -0.4 is 4.72 Å². The predicted molar refractivity (Wildman–Crippen MR) is 108 cm³/mol. The average Bonchev–Trinajstić information content (AvgIpc) is 3.31. The summed E-state index contributed by atoms with van der Waals surface area (Å²) in [5.74, 6) is 0.618. The van der Waals surface area contributed by atoms with Crippen molar-refractivity contribution in [1.29, 1.82) is 0 Å². The molecule has 1 aliphatic heterocycles. The molecule has 0 unspecified atom stereocenters. The summed E-state index contributed by atoms with van der Waals surface area (Å²) >= 11 is 0. The monoisotopic (exact) mass is 403 g/mol. The summed E-state index contributed by atoms with van der Waals surface area (Å²) < 4.78 is 30.7. The van der Waals surface area contributed by atoms with Crippen LogP contribution in [0.3, 0.4) is 0 Å². The van der Waals surface area contributed by atoms with Crippen LogP contribution in [0.15, 0.2) is 52.2 Å². The van der Waals surface area contributed by atoms with E-state index in [1.807, 2.05) is 19.9 Å². The maximum Gasteiger partial charge on any atom is 0.246 e. The number of hydrogen-bond donors (Lipinski definition) is 1. The van der Waals surface area contributed by atoms with Gasteiger partial charge in [-0.15, -0.1) is 0 Å². The van der Waals surface area contributed by atoms with E-state index in [9.17, 15) is 13.2 Å². The fraction of sp³-hybridized carbons (Fsp3) is 0.400. The van der Waals surface area contributed by atoms with Gasteiger partial charge in [-0.1, -0.05) is 26.0 Å². The van der Waals surface area contributed by atoms with Crippen LogP contribution in [0, 0.1) is 5.92 Å². The molecular formula is C20H25N3O4S. The van der Waals surface area contributed by atoms with Gasteiger partial charge in [0.05, 0.1) is 18.2 Å². The minimum absolute atomic E-state index is 0.00300. The summed E-state index contributed by atoms with van der Waals surface area (Å²) in [4.78, 5) is 13.0. The van der Waals surface area contributed by atoms with Crippen LogP contribution in [-0.4, -0.2) is 31.3 Å². The van der Waals surface area contributed by atoms with E-state index in [0.717, 1.165) is 30.4 Å². The van der Waals surface area contributed by atoms with Gasteiger partial charge in [-0.25, -0.2) is 13.4 Å². The minimum atomic E-state index is -3.33. The minimum Gasteiger partial charge on any atom is -0.467 e. The third-order valence-corrected chi connectivity index (χ3v) is 5.47. The number of nitrogens with zero attached hydrogens (tertiary/aromatic N) is 2. The van der Waals surface area contributed by atoms with Crippen molar-refractivity contribution >= 4 is 27.3 Å². The van der Waals surface area contributed by atoms with Crippen molar-refractivity contribution in [2.75, 3.05) is 11.0 Å². The Balaban J connectivity index is 1.88. The van der Waals surface area contributed by atoms with E-state index in [1.54, 1.807) is 41.6 Å². The number of carbonyl (C=O) groups is 1. The van der Waals surface area contributed by atoms with Crippen LogP contribution >= 0.6 is 0 Å². The Kier molecular flexibility index (Phi) is 5.88. The van der Waals surface area contributed by atoms with Gasteiger partial charge in [-0.05, 0) is 42.7 Å². The highest BCUT2D eigenvalue weighted by molar-refractivity contribution is 7.92. The fourth-order valence-corrected chi connectivity index (χ4v) is 3.92. The molecule has 0 aliphatic carbocycles. The zero-order valence-electron chi connectivity index (χ0n) is 16.3. The van der Waals surface area contributed by atoms with Gasteiger partial charge in [0, 0.05) is 18.0 Å². The van der Waals surface area contributed by atoms with Gasteiger partial charge in [0.2, 0.25) is 15.9 Å². The first-order valence-electron chi connectivity index (χ1n) is 9.34. The van der Waals surface area contributed by atoms with Crippen LogP contribution in [0.4, 0.5) is 5.69 Å². The zero-order valence-corrected chi connectivity index (χ0v) is 17.1. The zero-order chi connectivity index (χ0) is 20.3. The second kappa shape index (κ2) is 8.18. The van der Waals surface area contributed by atoms with Gasteiger partial charge in [0.15, 0.2) is 0 Å². The molecule has 2 aromatic rings. The standard InChI is InChI=1S/C20H25N3O4S/c1-4-14(5-2)20(24)23-18(19-7-6-12-27-19)13-17(21-23)15-8-10-16(11-9-15)22-28(3,25)26/h6-12,14,18,22H,4-5,13H2,1-3H3/t18-/m0/s1. The van der Waals surface area contributed by atoms with Gasteiger partial charge in [0.25, 0.3) is 0 Å². The topological polar surface area (TPSA) is 92.0 Å². The molecular weight excluding hydrogens is 378 g/mol. The molecule has 150 valence electrons. The molecule has 1 aromatic heterocycles. The van der Waals surface area contributed by atoms with Crippen LogP contribution in [0.1, 0.15) is 50.5 Å². The maximum absolute atomic E-state index is 13.0. The number of rotatable bonds is 7. The van der Waals surface area contributed by atoms with E-state index in [4.69, 9.17) is 4.42 Å². The summed E-state index contributed by atoms with van der Waals surface area (Å²) in [6.07, 6.45) is 4.76. The number of amides is 1. The highest BCUT2D eigenvalue weighted by atomic mass is 32.2. The van der Waals surface area contributed by atoms with E-state index in [-0.39, 0.29) is 17.9 Å². The number of anilines is 1. The largest absolute Gasteiger partial charge is 0.467 e. The number of hydrogen-bond acceptors (Lipinski definition) is 5. The molecule has 2 heterocycles. The normalized spacial score (nSPS) is 17.1. The van der Waals surface area contributed by atoms with Gasteiger partial charge in [-0.3, -0.25) is 9.52 Å². The third-order valence-electron chi connectivity index (χ3n) is 4.86. The van der Waals surface area contributed by atoms with E-state index in [2.05, 4.69) is 9.82 Å². The first kappa shape index (κ1) is 20.1. The summed E-state index contributed by atoms with van der Waals surface area (Å²) in [5.41, 5.74) is 2.10. The maximum atomic E-state index is 13.0. The molecule has 3 rings (SSSR count). The first-order chi connectivity index (χ1) is 13.3. The Morgan fingerprint density at radius 3 is 2.46 bits per heavy atom. The number of furan rings is 1. The lowest BCUT2D eigenvalue weighted by atomic mass is 9.99. The van der Waals surface area contributed by atoms with Crippen molar-refractivity contribution in [2.45, 2.75) is 39.2 Å². The molecule has 0 saturated heterocycles. The third kappa shape index (κ3) is 4.44. The Morgan fingerprint density at radius 2 is 1.93 bits per heavy atom. The Hall–Kier alpha value is -2.61. The summed E-state index contributed by atoms with van der Waals surface area (Å²) in [7, 11) is -3.33. The SMILES string of the molecule is CCC(CC)C(=O)N1N=C(c2ccc(NS(C)(=O)=O)cc2)C[C@H]1c1ccco1. The molecule has 0 fully saturated rings. The Bertz CT molecular complexity index is 946. The van der Waals surface area contributed by atoms with Crippen LogP contribution in [0.5, 0.6) is 0 Å². The summed E-state index contributed by atoms with van der Waals surface area (Å²) in [6, 6.07) is 10.4. The Morgan fingerprint density at radius 1 is 1.25 bits per heavy atom. The van der Waals surface area contributed by atoms with Gasteiger partial charge in [-0.2, -0.15) is 5.10 Å². The molecule has 1 amide bonds. The van der Waals surface area contributed by atoms with Crippen molar-refractivity contribution in [2.24, 2.45) is 11.0 Å². The quantitative estimate of drug-likeness (QED) is 0.762. The van der Waals surface area contributed by atoms with Crippen LogP contribution in [0.25, 0.3) is 0 Å². The molecule has 1 atom stereocenters. The van der Waals surface area contributed by atoms with E-state index < -0.39 is 10.0 Å². The smallest absolute Gasteiger partial charge is 0.246 e. The molecule has 0 spiro atoms. The van der Waals surface area contributed by atoms with E-state index >= 15 is 0 Å². The van der Waals surface area contributed by atoms with Gasteiger partial charge < -0.3 is 4.42 Å². The number of sulfonamides is 1. The first-order valence-corrected chi connectivity index (χ1v) is 11.2.